The molecule has 0 aromatic heterocycles. The number of rotatable bonds is 7. The maximum Gasteiger partial charge on any atom is 0.224 e. The Morgan fingerprint density at radius 3 is 2.50 bits per heavy atom. The summed E-state index contributed by atoms with van der Waals surface area (Å²) in [4.78, 5) is 14.5. The molecule has 0 bridgehead atoms. The molecule has 0 radical (unpaired) electrons. The van der Waals surface area contributed by atoms with Crippen molar-refractivity contribution in [3.63, 3.8) is 0 Å². The third kappa shape index (κ3) is 5.13. The summed E-state index contributed by atoms with van der Waals surface area (Å²) in [5.74, 6) is 0.639. The van der Waals surface area contributed by atoms with Gasteiger partial charge in [0.05, 0.1) is 12.5 Å². The zero-order chi connectivity index (χ0) is 15.0. The number of nitrogens with one attached hydrogen (secondary N) is 1. The van der Waals surface area contributed by atoms with Crippen LogP contribution in [0.3, 0.4) is 0 Å². The molecule has 0 aromatic carbocycles. The van der Waals surface area contributed by atoms with Gasteiger partial charge in [0.25, 0.3) is 0 Å². The van der Waals surface area contributed by atoms with Crippen LogP contribution in [0.2, 0.25) is 0 Å². The second-order valence-electron chi connectivity index (χ2n) is 6.41. The van der Waals surface area contributed by atoms with Crippen LogP contribution >= 0.6 is 0 Å². The van der Waals surface area contributed by atoms with Gasteiger partial charge in [-0.05, 0) is 25.8 Å². The lowest BCUT2D eigenvalue weighted by Crippen LogP contribution is -2.49. The van der Waals surface area contributed by atoms with Gasteiger partial charge in [0.15, 0.2) is 0 Å². The number of amides is 1. The van der Waals surface area contributed by atoms with Crippen molar-refractivity contribution >= 4 is 5.91 Å². The molecule has 0 atom stereocenters. The second kappa shape index (κ2) is 8.26. The molecular weight excluding hydrogens is 250 g/mol. The minimum atomic E-state index is -0.0167. The molecule has 1 fully saturated rings. The second-order valence-corrected chi connectivity index (χ2v) is 6.41. The summed E-state index contributed by atoms with van der Waals surface area (Å²) in [6, 6.07) is 2.14. The van der Waals surface area contributed by atoms with E-state index in [-0.39, 0.29) is 11.4 Å². The average Bonchev–Trinajstić information content (AvgIpc) is 2.44. The van der Waals surface area contributed by atoms with Gasteiger partial charge in [-0.2, -0.15) is 5.26 Å². The van der Waals surface area contributed by atoms with E-state index in [9.17, 15) is 4.79 Å². The molecule has 0 aliphatic heterocycles. The van der Waals surface area contributed by atoms with Crippen LogP contribution in [0.5, 0.6) is 0 Å². The first-order chi connectivity index (χ1) is 9.53. The molecule has 1 rings (SSSR count). The van der Waals surface area contributed by atoms with E-state index in [1.54, 1.807) is 0 Å². The number of carbonyl (C=O) groups excluding carboxylic acids is 1. The molecule has 1 N–H and O–H groups in total. The fourth-order valence-electron chi connectivity index (χ4n) is 3.09. The van der Waals surface area contributed by atoms with Gasteiger partial charge in [0, 0.05) is 25.0 Å². The quantitative estimate of drug-likeness (QED) is 0.779. The van der Waals surface area contributed by atoms with E-state index in [0.29, 0.717) is 25.3 Å². The van der Waals surface area contributed by atoms with Crippen LogP contribution in [0.25, 0.3) is 0 Å². The minimum absolute atomic E-state index is 0.0167. The predicted molar refractivity (Wildman–Crippen MR) is 81.1 cm³/mol. The van der Waals surface area contributed by atoms with Crippen LogP contribution < -0.4 is 5.32 Å². The zero-order valence-electron chi connectivity index (χ0n) is 13.2. The molecule has 4 nitrogen and oxygen atoms in total. The molecule has 0 saturated heterocycles. The van der Waals surface area contributed by atoms with Crippen LogP contribution in [-0.4, -0.2) is 36.5 Å². The van der Waals surface area contributed by atoms with Gasteiger partial charge in [-0.3, -0.25) is 4.79 Å². The highest BCUT2D eigenvalue weighted by Crippen LogP contribution is 2.31. The smallest absolute Gasteiger partial charge is 0.224 e. The normalized spacial score (nSPS) is 17.8. The summed E-state index contributed by atoms with van der Waals surface area (Å²) in [6.45, 7) is 5.54. The maximum atomic E-state index is 12.6. The van der Waals surface area contributed by atoms with Crippen LogP contribution in [-0.2, 0) is 4.79 Å². The number of hydrogen-bond donors (Lipinski definition) is 1. The predicted octanol–water partition coefficient (Wildman–Crippen LogP) is 2.70. The molecule has 20 heavy (non-hydrogen) atoms. The lowest BCUT2D eigenvalue weighted by molar-refractivity contribution is -0.133. The van der Waals surface area contributed by atoms with E-state index in [1.807, 2.05) is 11.9 Å². The van der Waals surface area contributed by atoms with Crippen LogP contribution in [0.1, 0.15) is 58.8 Å². The van der Waals surface area contributed by atoms with E-state index in [1.165, 1.54) is 19.3 Å². The Kier molecular flexibility index (Phi) is 7.01. The van der Waals surface area contributed by atoms with Gasteiger partial charge in [-0.25, -0.2) is 0 Å². The van der Waals surface area contributed by atoms with Crippen molar-refractivity contribution in [2.45, 2.75) is 64.3 Å². The van der Waals surface area contributed by atoms with Crippen LogP contribution in [0.15, 0.2) is 0 Å². The van der Waals surface area contributed by atoms with Crippen LogP contribution in [0.4, 0.5) is 0 Å². The highest BCUT2D eigenvalue weighted by molar-refractivity contribution is 5.77. The van der Waals surface area contributed by atoms with Crippen LogP contribution in [0, 0.1) is 17.2 Å². The largest absolute Gasteiger partial charge is 0.341 e. The number of nitriles is 1. The standard InChI is InChI=1S/C16H29N3O/c1-14(2)13-19(11-7-10-17)15(20)12-16(18-3)8-5-4-6-9-16/h14,18H,4-9,11-13H2,1-3H3. The Labute approximate surface area is 123 Å². The summed E-state index contributed by atoms with van der Waals surface area (Å²) in [5, 5.41) is 12.1. The van der Waals surface area contributed by atoms with Crippen molar-refractivity contribution in [1.82, 2.24) is 10.2 Å². The van der Waals surface area contributed by atoms with Crippen molar-refractivity contribution in [2.24, 2.45) is 5.92 Å². The van der Waals surface area contributed by atoms with E-state index >= 15 is 0 Å². The molecule has 4 heteroatoms. The number of nitrogens with zero attached hydrogens (tertiary/aromatic N) is 2. The Hall–Kier alpha value is -1.08. The lowest BCUT2D eigenvalue weighted by Gasteiger charge is -2.38. The minimum Gasteiger partial charge on any atom is -0.341 e. The Bertz CT molecular complexity index is 340. The molecule has 114 valence electrons. The topological polar surface area (TPSA) is 56.1 Å². The molecule has 1 amide bonds. The summed E-state index contributed by atoms with van der Waals surface area (Å²) in [6.07, 6.45) is 6.85. The lowest BCUT2D eigenvalue weighted by atomic mass is 9.79. The van der Waals surface area contributed by atoms with Gasteiger partial charge >= 0.3 is 0 Å². The highest BCUT2D eigenvalue weighted by atomic mass is 16.2. The van der Waals surface area contributed by atoms with Crippen molar-refractivity contribution in [2.75, 3.05) is 20.1 Å². The molecule has 0 unspecified atom stereocenters. The van der Waals surface area contributed by atoms with Crippen molar-refractivity contribution in [3.05, 3.63) is 0 Å². The first-order valence-electron chi connectivity index (χ1n) is 7.86. The van der Waals surface area contributed by atoms with Crippen molar-refractivity contribution < 1.29 is 4.79 Å². The molecule has 1 aliphatic rings. The van der Waals surface area contributed by atoms with Gasteiger partial charge in [0.1, 0.15) is 0 Å². The Balaban J connectivity index is 2.65. The fraction of sp³-hybridized carbons (Fsp3) is 0.875. The maximum absolute atomic E-state index is 12.6. The third-order valence-corrected chi connectivity index (χ3v) is 4.26. The van der Waals surface area contributed by atoms with E-state index in [4.69, 9.17) is 5.26 Å². The van der Waals surface area contributed by atoms with Gasteiger partial charge < -0.3 is 10.2 Å². The summed E-state index contributed by atoms with van der Waals surface area (Å²) in [7, 11) is 1.97. The van der Waals surface area contributed by atoms with E-state index in [2.05, 4.69) is 25.2 Å². The SMILES string of the molecule is CNC1(CC(=O)N(CCC#N)CC(C)C)CCCCC1. The van der Waals surface area contributed by atoms with Gasteiger partial charge in [0.2, 0.25) is 5.91 Å². The number of carbonyl (C=O) groups is 1. The molecule has 0 heterocycles. The monoisotopic (exact) mass is 279 g/mol. The first-order valence-corrected chi connectivity index (χ1v) is 7.86. The summed E-state index contributed by atoms with van der Waals surface area (Å²) < 4.78 is 0. The van der Waals surface area contributed by atoms with Crippen molar-refractivity contribution in [3.8, 4) is 6.07 Å². The molecular formula is C16H29N3O. The molecule has 1 aliphatic carbocycles. The molecule has 0 aromatic rings. The highest BCUT2D eigenvalue weighted by Gasteiger charge is 2.34. The van der Waals surface area contributed by atoms with Crippen molar-refractivity contribution in [1.29, 1.82) is 5.26 Å². The Morgan fingerprint density at radius 2 is 2.00 bits per heavy atom. The van der Waals surface area contributed by atoms with Gasteiger partial charge in [-0.15, -0.1) is 0 Å². The first kappa shape index (κ1) is 17.0. The third-order valence-electron chi connectivity index (χ3n) is 4.26. The molecule has 1 saturated carbocycles. The number of hydrogen-bond acceptors (Lipinski definition) is 3. The average molecular weight is 279 g/mol. The van der Waals surface area contributed by atoms with E-state index < -0.39 is 0 Å². The molecule has 0 spiro atoms. The van der Waals surface area contributed by atoms with Gasteiger partial charge in [-0.1, -0.05) is 33.1 Å². The zero-order valence-corrected chi connectivity index (χ0v) is 13.2. The van der Waals surface area contributed by atoms with E-state index in [0.717, 1.165) is 19.4 Å². The summed E-state index contributed by atoms with van der Waals surface area (Å²) >= 11 is 0. The summed E-state index contributed by atoms with van der Waals surface area (Å²) in [5.41, 5.74) is -0.0167. The fourth-order valence-corrected chi connectivity index (χ4v) is 3.09. The Morgan fingerprint density at radius 1 is 1.35 bits per heavy atom.